The highest BCUT2D eigenvalue weighted by Gasteiger charge is 2.05. The monoisotopic (exact) mass is 332 g/mol. The predicted molar refractivity (Wildman–Crippen MR) is 84.6 cm³/mol. The SMILES string of the molecule is CNc1ncnc(NCCCCCCSC)c1Br. The second-order valence-electron chi connectivity index (χ2n) is 3.97. The summed E-state index contributed by atoms with van der Waals surface area (Å²) in [7, 11) is 1.85. The number of anilines is 2. The molecule has 1 aromatic rings. The van der Waals surface area contributed by atoms with Gasteiger partial charge in [-0.1, -0.05) is 12.8 Å². The molecule has 0 spiro atoms. The number of aromatic nitrogens is 2. The summed E-state index contributed by atoms with van der Waals surface area (Å²) in [6, 6.07) is 0. The third-order valence-electron chi connectivity index (χ3n) is 2.59. The van der Waals surface area contributed by atoms with E-state index < -0.39 is 0 Å². The molecule has 0 saturated heterocycles. The molecule has 0 aromatic carbocycles. The molecule has 1 heterocycles. The van der Waals surface area contributed by atoms with E-state index in [0.717, 1.165) is 22.7 Å². The second-order valence-corrected chi connectivity index (χ2v) is 5.75. The lowest BCUT2D eigenvalue weighted by Crippen LogP contribution is -2.06. The topological polar surface area (TPSA) is 49.8 Å². The Hall–Kier alpha value is -0.490. The fourth-order valence-corrected chi connectivity index (χ4v) is 2.64. The van der Waals surface area contributed by atoms with Gasteiger partial charge in [-0.2, -0.15) is 11.8 Å². The van der Waals surface area contributed by atoms with E-state index in [1.807, 2.05) is 18.8 Å². The molecule has 1 aromatic heterocycles. The number of unbranched alkanes of at least 4 members (excludes halogenated alkanes) is 3. The van der Waals surface area contributed by atoms with Gasteiger partial charge in [0.05, 0.1) is 0 Å². The lowest BCUT2D eigenvalue weighted by Gasteiger charge is -2.09. The third-order valence-corrected chi connectivity index (χ3v) is 4.04. The van der Waals surface area contributed by atoms with Crippen LogP contribution in [0.5, 0.6) is 0 Å². The quantitative estimate of drug-likeness (QED) is 0.676. The molecule has 0 saturated carbocycles. The van der Waals surface area contributed by atoms with Crippen LogP contribution in [-0.4, -0.2) is 35.6 Å². The van der Waals surface area contributed by atoms with Crippen molar-refractivity contribution >= 4 is 39.3 Å². The Kier molecular flexibility index (Phi) is 8.17. The predicted octanol–water partition coefficient (Wildman–Crippen LogP) is 3.62. The zero-order chi connectivity index (χ0) is 13.2. The molecule has 18 heavy (non-hydrogen) atoms. The lowest BCUT2D eigenvalue weighted by atomic mass is 10.2. The van der Waals surface area contributed by atoms with Crippen molar-refractivity contribution in [3.8, 4) is 0 Å². The van der Waals surface area contributed by atoms with Gasteiger partial charge in [-0.15, -0.1) is 0 Å². The Balaban J connectivity index is 2.23. The van der Waals surface area contributed by atoms with Crippen LogP contribution in [-0.2, 0) is 0 Å². The maximum absolute atomic E-state index is 4.22. The van der Waals surface area contributed by atoms with Crippen molar-refractivity contribution in [2.45, 2.75) is 25.7 Å². The van der Waals surface area contributed by atoms with Crippen LogP contribution in [0.4, 0.5) is 11.6 Å². The first-order chi connectivity index (χ1) is 8.79. The van der Waals surface area contributed by atoms with Crippen molar-refractivity contribution in [2.75, 3.05) is 36.2 Å². The highest BCUT2D eigenvalue weighted by molar-refractivity contribution is 9.10. The molecule has 4 nitrogen and oxygen atoms in total. The molecule has 0 fully saturated rings. The van der Waals surface area contributed by atoms with Gasteiger partial charge in [0.1, 0.15) is 22.4 Å². The summed E-state index contributed by atoms with van der Waals surface area (Å²) in [5.41, 5.74) is 0. The molecular weight excluding hydrogens is 312 g/mol. The third kappa shape index (κ3) is 5.44. The summed E-state index contributed by atoms with van der Waals surface area (Å²) >= 11 is 5.41. The molecule has 6 heteroatoms. The minimum atomic E-state index is 0.812. The van der Waals surface area contributed by atoms with Crippen molar-refractivity contribution in [3.05, 3.63) is 10.8 Å². The van der Waals surface area contributed by atoms with E-state index in [2.05, 4.69) is 42.8 Å². The molecule has 0 aliphatic rings. The van der Waals surface area contributed by atoms with Crippen LogP contribution in [0.1, 0.15) is 25.7 Å². The number of nitrogens with one attached hydrogen (secondary N) is 2. The van der Waals surface area contributed by atoms with Gasteiger partial charge >= 0.3 is 0 Å². The van der Waals surface area contributed by atoms with Gasteiger partial charge in [0, 0.05) is 13.6 Å². The Morgan fingerprint density at radius 2 is 1.89 bits per heavy atom. The zero-order valence-electron chi connectivity index (χ0n) is 11.0. The second kappa shape index (κ2) is 9.44. The molecule has 0 radical (unpaired) electrons. The average Bonchev–Trinajstić information content (AvgIpc) is 2.39. The van der Waals surface area contributed by atoms with Crippen LogP contribution >= 0.6 is 27.7 Å². The van der Waals surface area contributed by atoms with E-state index in [9.17, 15) is 0 Å². The number of hydrogen-bond donors (Lipinski definition) is 2. The molecule has 1 rings (SSSR count). The maximum Gasteiger partial charge on any atom is 0.145 e. The van der Waals surface area contributed by atoms with Crippen molar-refractivity contribution in [2.24, 2.45) is 0 Å². The summed E-state index contributed by atoms with van der Waals surface area (Å²) in [5.74, 6) is 2.95. The lowest BCUT2D eigenvalue weighted by molar-refractivity contribution is 0.688. The minimum Gasteiger partial charge on any atom is -0.372 e. The first-order valence-corrected chi connectivity index (χ1v) is 8.39. The first kappa shape index (κ1) is 15.6. The molecule has 0 amide bonds. The number of rotatable bonds is 9. The van der Waals surface area contributed by atoms with Crippen LogP contribution in [0.25, 0.3) is 0 Å². The van der Waals surface area contributed by atoms with Crippen LogP contribution in [0.15, 0.2) is 10.8 Å². The van der Waals surface area contributed by atoms with Crippen molar-refractivity contribution < 1.29 is 0 Å². The highest BCUT2D eigenvalue weighted by Crippen LogP contribution is 2.25. The molecule has 0 aliphatic carbocycles. The summed E-state index contributed by atoms with van der Waals surface area (Å²) < 4.78 is 0.898. The van der Waals surface area contributed by atoms with E-state index >= 15 is 0 Å². The zero-order valence-corrected chi connectivity index (χ0v) is 13.4. The van der Waals surface area contributed by atoms with Crippen molar-refractivity contribution in [1.29, 1.82) is 0 Å². The van der Waals surface area contributed by atoms with Crippen LogP contribution in [0.2, 0.25) is 0 Å². The maximum atomic E-state index is 4.22. The molecule has 0 bridgehead atoms. The highest BCUT2D eigenvalue weighted by atomic mass is 79.9. The van der Waals surface area contributed by atoms with Crippen molar-refractivity contribution in [1.82, 2.24) is 9.97 Å². The van der Waals surface area contributed by atoms with Gasteiger partial charge in [-0.3, -0.25) is 0 Å². The fourth-order valence-electron chi connectivity index (χ4n) is 1.60. The van der Waals surface area contributed by atoms with Crippen LogP contribution < -0.4 is 10.6 Å². The van der Waals surface area contributed by atoms with Gasteiger partial charge < -0.3 is 10.6 Å². The number of halogens is 1. The van der Waals surface area contributed by atoms with E-state index in [1.54, 1.807) is 6.33 Å². The van der Waals surface area contributed by atoms with Gasteiger partial charge in [0.15, 0.2) is 0 Å². The normalized spacial score (nSPS) is 10.4. The first-order valence-electron chi connectivity index (χ1n) is 6.20. The Morgan fingerprint density at radius 3 is 2.61 bits per heavy atom. The van der Waals surface area contributed by atoms with Crippen LogP contribution in [0, 0.1) is 0 Å². The molecule has 0 atom stereocenters. The van der Waals surface area contributed by atoms with Gasteiger partial charge in [-0.05, 0) is 40.8 Å². The largest absolute Gasteiger partial charge is 0.372 e. The Bertz CT molecular complexity index is 349. The van der Waals surface area contributed by atoms with Gasteiger partial charge in [-0.25, -0.2) is 9.97 Å². The smallest absolute Gasteiger partial charge is 0.145 e. The number of thioether (sulfide) groups is 1. The van der Waals surface area contributed by atoms with E-state index in [4.69, 9.17) is 0 Å². The molecular formula is C12H21BrN4S. The summed E-state index contributed by atoms with van der Waals surface area (Å²) in [6.45, 7) is 0.956. The minimum absolute atomic E-state index is 0.812. The van der Waals surface area contributed by atoms with E-state index in [1.165, 1.54) is 31.4 Å². The fraction of sp³-hybridized carbons (Fsp3) is 0.667. The summed E-state index contributed by atoms with van der Waals surface area (Å²) in [6.07, 6.45) is 8.82. The standard InChI is InChI=1S/C12H21BrN4S/c1-14-11-10(13)12(17-9-16-11)15-7-5-3-4-6-8-18-2/h9H,3-8H2,1-2H3,(H2,14,15,16,17). The molecule has 0 aliphatic heterocycles. The van der Waals surface area contributed by atoms with E-state index in [-0.39, 0.29) is 0 Å². The summed E-state index contributed by atoms with van der Waals surface area (Å²) in [5, 5.41) is 6.36. The Labute approximate surface area is 122 Å². The number of hydrogen-bond acceptors (Lipinski definition) is 5. The molecule has 0 unspecified atom stereocenters. The van der Waals surface area contributed by atoms with Crippen LogP contribution in [0.3, 0.4) is 0 Å². The van der Waals surface area contributed by atoms with E-state index in [0.29, 0.717) is 0 Å². The summed E-state index contributed by atoms with van der Waals surface area (Å²) in [4.78, 5) is 8.35. The number of nitrogens with zero attached hydrogens (tertiary/aromatic N) is 2. The van der Waals surface area contributed by atoms with Gasteiger partial charge in [0.2, 0.25) is 0 Å². The Morgan fingerprint density at radius 1 is 1.17 bits per heavy atom. The average molecular weight is 333 g/mol. The molecule has 102 valence electrons. The van der Waals surface area contributed by atoms with Crippen molar-refractivity contribution in [3.63, 3.8) is 0 Å². The van der Waals surface area contributed by atoms with Gasteiger partial charge in [0.25, 0.3) is 0 Å². The molecule has 2 N–H and O–H groups in total.